The first-order valence-corrected chi connectivity index (χ1v) is 10.0. The fourth-order valence-corrected chi connectivity index (χ4v) is 3.69. The van der Waals surface area contributed by atoms with E-state index < -0.39 is 0 Å². The molecular formula is C22H24N4OS. The number of hydrazone groups is 1. The Morgan fingerprint density at radius 1 is 1.14 bits per heavy atom. The van der Waals surface area contributed by atoms with Gasteiger partial charge in [-0.05, 0) is 49.7 Å². The standard InChI is InChI=1S/C22H24N4OS/c1-15-5-10-20-19(11-15)21(12-16(2)24-20)28-14-22(27)25-23-13-17-6-8-18(9-7-17)26(3)4/h5-13H,14H2,1-4H3,(H,25,27)/b23-13-. The van der Waals surface area contributed by atoms with Gasteiger partial charge in [0.15, 0.2) is 0 Å². The van der Waals surface area contributed by atoms with Crippen LogP contribution in [0, 0.1) is 13.8 Å². The highest BCUT2D eigenvalue weighted by molar-refractivity contribution is 8.00. The summed E-state index contributed by atoms with van der Waals surface area (Å²) in [6.07, 6.45) is 1.65. The Kier molecular flexibility index (Phi) is 6.31. The van der Waals surface area contributed by atoms with Crippen LogP contribution in [0.25, 0.3) is 10.9 Å². The maximum Gasteiger partial charge on any atom is 0.250 e. The molecule has 1 heterocycles. The molecule has 0 aliphatic heterocycles. The molecule has 1 N–H and O–H groups in total. The lowest BCUT2D eigenvalue weighted by Crippen LogP contribution is -2.19. The monoisotopic (exact) mass is 392 g/mol. The number of pyridine rings is 1. The lowest BCUT2D eigenvalue weighted by molar-refractivity contribution is -0.118. The van der Waals surface area contributed by atoms with Gasteiger partial charge in [-0.2, -0.15) is 5.10 Å². The van der Waals surface area contributed by atoms with Crippen LogP contribution in [0.5, 0.6) is 0 Å². The first-order valence-electron chi connectivity index (χ1n) is 9.02. The van der Waals surface area contributed by atoms with Crippen molar-refractivity contribution < 1.29 is 4.79 Å². The second-order valence-electron chi connectivity index (χ2n) is 6.85. The van der Waals surface area contributed by atoms with Crippen molar-refractivity contribution in [1.82, 2.24) is 10.4 Å². The van der Waals surface area contributed by atoms with Crippen LogP contribution < -0.4 is 10.3 Å². The van der Waals surface area contributed by atoms with Gasteiger partial charge in [0.05, 0.1) is 17.5 Å². The van der Waals surface area contributed by atoms with Crippen LogP contribution in [0.2, 0.25) is 0 Å². The number of hydrogen-bond donors (Lipinski definition) is 1. The van der Waals surface area contributed by atoms with E-state index in [0.29, 0.717) is 5.75 Å². The molecule has 0 bridgehead atoms. The topological polar surface area (TPSA) is 57.6 Å². The van der Waals surface area contributed by atoms with Gasteiger partial charge in [-0.3, -0.25) is 9.78 Å². The molecule has 5 nitrogen and oxygen atoms in total. The van der Waals surface area contributed by atoms with E-state index in [0.717, 1.165) is 32.7 Å². The van der Waals surface area contributed by atoms with Crippen molar-refractivity contribution in [2.45, 2.75) is 18.7 Å². The van der Waals surface area contributed by atoms with Crippen LogP contribution in [0.15, 0.2) is 58.5 Å². The molecule has 1 amide bonds. The molecule has 0 radical (unpaired) electrons. The van der Waals surface area contributed by atoms with E-state index in [-0.39, 0.29) is 5.91 Å². The zero-order chi connectivity index (χ0) is 20.1. The summed E-state index contributed by atoms with van der Waals surface area (Å²) in [5.41, 5.74) is 7.72. The summed E-state index contributed by atoms with van der Waals surface area (Å²) in [7, 11) is 3.99. The molecule has 0 fully saturated rings. The Labute approximate surface area is 169 Å². The number of amides is 1. The highest BCUT2D eigenvalue weighted by Crippen LogP contribution is 2.28. The number of carbonyl (C=O) groups is 1. The average molecular weight is 393 g/mol. The van der Waals surface area contributed by atoms with Gasteiger partial charge in [-0.25, -0.2) is 5.43 Å². The zero-order valence-corrected chi connectivity index (χ0v) is 17.4. The molecule has 3 aromatic rings. The minimum absolute atomic E-state index is 0.138. The van der Waals surface area contributed by atoms with Gasteiger partial charge < -0.3 is 4.90 Å². The second-order valence-corrected chi connectivity index (χ2v) is 7.87. The lowest BCUT2D eigenvalue weighted by atomic mass is 10.1. The molecule has 2 aromatic carbocycles. The molecular weight excluding hydrogens is 368 g/mol. The summed E-state index contributed by atoms with van der Waals surface area (Å²) >= 11 is 1.50. The Balaban J connectivity index is 1.60. The number of carbonyl (C=O) groups excluding carboxylic acids is 1. The van der Waals surface area contributed by atoms with Gasteiger partial charge in [0.1, 0.15) is 0 Å². The van der Waals surface area contributed by atoms with E-state index in [9.17, 15) is 4.79 Å². The number of hydrogen-bond acceptors (Lipinski definition) is 5. The number of rotatable bonds is 6. The Hall–Kier alpha value is -2.86. The number of anilines is 1. The lowest BCUT2D eigenvalue weighted by Gasteiger charge is -2.11. The first-order chi connectivity index (χ1) is 13.4. The van der Waals surface area contributed by atoms with Crippen molar-refractivity contribution in [3.05, 3.63) is 65.4 Å². The smallest absolute Gasteiger partial charge is 0.250 e. The van der Waals surface area contributed by atoms with Gasteiger partial charge in [0, 0.05) is 35.8 Å². The predicted octanol–water partition coefficient (Wildman–Crippen LogP) is 4.16. The van der Waals surface area contributed by atoms with Crippen molar-refractivity contribution in [2.24, 2.45) is 5.10 Å². The van der Waals surface area contributed by atoms with Crippen molar-refractivity contribution in [3.8, 4) is 0 Å². The fraction of sp³-hybridized carbons (Fsp3) is 0.227. The number of thioether (sulfide) groups is 1. The highest BCUT2D eigenvalue weighted by Gasteiger charge is 2.08. The summed E-state index contributed by atoms with van der Waals surface area (Å²) in [6.45, 7) is 4.02. The average Bonchev–Trinajstić information content (AvgIpc) is 2.67. The summed E-state index contributed by atoms with van der Waals surface area (Å²) in [4.78, 5) is 19.8. The Morgan fingerprint density at radius 2 is 1.89 bits per heavy atom. The van der Waals surface area contributed by atoms with E-state index in [1.807, 2.05) is 62.3 Å². The quantitative estimate of drug-likeness (QED) is 0.389. The van der Waals surface area contributed by atoms with E-state index in [1.54, 1.807) is 6.21 Å². The molecule has 0 spiro atoms. The van der Waals surface area contributed by atoms with Crippen LogP contribution in [-0.2, 0) is 4.79 Å². The molecule has 0 unspecified atom stereocenters. The third-order valence-corrected chi connectivity index (χ3v) is 5.28. The van der Waals surface area contributed by atoms with Crippen LogP contribution in [0.4, 0.5) is 5.69 Å². The normalized spacial score (nSPS) is 11.1. The Bertz CT molecular complexity index is 1010. The number of aromatic nitrogens is 1. The maximum atomic E-state index is 12.2. The van der Waals surface area contributed by atoms with Crippen LogP contribution in [0.1, 0.15) is 16.8 Å². The molecule has 0 saturated heterocycles. The van der Waals surface area contributed by atoms with Crippen molar-refractivity contribution in [2.75, 3.05) is 24.7 Å². The first kappa shape index (κ1) is 19.9. The van der Waals surface area contributed by atoms with Gasteiger partial charge in [-0.1, -0.05) is 23.8 Å². The van der Waals surface area contributed by atoms with Gasteiger partial charge >= 0.3 is 0 Å². The molecule has 28 heavy (non-hydrogen) atoms. The molecule has 0 aliphatic rings. The number of nitrogens with one attached hydrogen (secondary N) is 1. The van der Waals surface area contributed by atoms with Gasteiger partial charge in [-0.15, -0.1) is 11.8 Å². The minimum atomic E-state index is -0.138. The number of nitrogens with zero attached hydrogens (tertiary/aromatic N) is 3. The number of aryl methyl sites for hydroxylation is 2. The minimum Gasteiger partial charge on any atom is -0.378 e. The molecule has 0 aliphatic carbocycles. The predicted molar refractivity (Wildman–Crippen MR) is 118 cm³/mol. The van der Waals surface area contributed by atoms with Crippen LogP contribution in [-0.4, -0.2) is 37.0 Å². The second kappa shape index (κ2) is 8.89. The third kappa shape index (κ3) is 5.10. The molecule has 0 saturated carbocycles. The Morgan fingerprint density at radius 3 is 2.61 bits per heavy atom. The van der Waals surface area contributed by atoms with Crippen LogP contribution >= 0.6 is 11.8 Å². The fourth-order valence-electron chi connectivity index (χ4n) is 2.77. The highest BCUT2D eigenvalue weighted by atomic mass is 32.2. The van der Waals surface area contributed by atoms with Crippen molar-refractivity contribution in [1.29, 1.82) is 0 Å². The number of fused-ring (bicyclic) bond motifs is 1. The number of benzene rings is 2. The molecule has 6 heteroatoms. The van der Waals surface area contributed by atoms with E-state index >= 15 is 0 Å². The molecule has 0 atom stereocenters. The summed E-state index contributed by atoms with van der Waals surface area (Å²) < 4.78 is 0. The van der Waals surface area contributed by atoms with Gasteiger partial charge in [0.25, 0.3) is 0 Å². The molecule has 3 rings (SSSR count). The largest absolute Gasteiger partial charge is 0.378 e. The summed E-state index contributed by atoms with van der Waals surface area (Å²) in [5.74, 6) is 0.157. The van der Waals surface area contributed by atoms with Gasteiger partial charge in [0.2, 0.25) is 5.91 Å². The maximum absolute atomic E-state index is 12.2. The van der Waals surface area contributed by atoms with Crippen LogP contribution in [0.3, 0.4) is 0 Å². The van der Waals surface area contributed by atoms with Crippen molar-refractivity contribution >= 4 is 40.5 Å². The zero-order valence-electron chi connectivity index (χ0n) is 16.6. The summed E-state index contributed by atoms with van der Waals surface area (Å²) in [5, 5.41) is 5.14. The molecule has 1 aromatic heterocycles. The van der Waals surface area contributed by atoms with Crippen molar-refractivity contribution in [3.63, 3.8) is 0 Å². The summed E-state index contributed by atoms with van der Waals surface area (Å²) in [6, 6.07) is 16.2. The van der Waals surface area contributed by atoms with E-state index in [4.69, 9.17) is 0 Å². The molecule has 144 valence electrons. The van der Waals surface area contributed by atoms with E-state index in [2.05, 4.69) is 34.6 Å². The van der Waals surface area contributed by atoms with E-state index in [1.165, 1.54) is 17.3 Å². The third-order valence-electron chi connectivity index (χ3n) is 4.23. The SMILES string of the molecule is Cc1ccc2nc(C)cc(SCC(=O)N/N=C\c3ccc(N(C)C)cc3)c2c1.